The van der Waals surface area contributed by atoms with Crippen molar-refractivity contribution in [3.05, 3.63) is 77.0 Å². The number of nitrogens with one attached hydrogen (secondary N) is 2. The second kappa shape index (κ2) is 13.0. The van der Waals surface area contributed by atoms with Gasteiger partial charge in [-0.15, -0.1) is 0 Å². The van der Waals surface area contributed by atoms with Crippen LogP contribution in [0, 0.1) is 13.8 Å². The Labute approximate surface area is 244 Å². The quantitative estimate of drug-likeness (QED) is 0.277. The summed E-state index contributed by atoms with van der Waals surface area (Å²) in [6.45, 7) is 5.45. The molecular formula is C31H34N6O5. The van der Waals surface area contributed by atoms with Crippen LogP contribution >= 0.6 is 0 Å². The number of imidazole rings is 1. The molecular weight excluding hydrogens is 536 g/mol. The van der Waals surface area contributed by atoms with Crippen LogP contribution in [0.3, 0.4) is 0 Å². The van der Waals surface area contributed by atoms with E-state index in [0.717, 1.165) is 27.9 Å². The average Bonchev–Trinajstić information content (AvgIpc) is 3.30. The van der Waals surface area contributed by atoms with Crippen LogP contribution in [0.15, 0.2) is 54.7 Å². The molecule has 3 amide bonds. The van der Waals surface area contributed by atoms with E-state index < -0.39 is 5.91 Å². The lowest BCUT2D eigenvalue weighted by molar-refractivity contribution is -0.122. The molecule has 2 aromatic carbocycles. The Bertz CT molecular complexity index is 1660. The number of hydrogen-bond donors (Lipinski definition) is 2. The fraction of sp³-hybridized carbons (Fsp3) is 0.258. The number of anilines is 2. The Morgan fingerprint density at radius 2 is 1.88 bits per heavy atom. The van der Waals surface area contributed by atoms with Gasteiger partial charge in [0.25, 0.3) is 6.01 Å². The van der Waals surface area contributed by atoms with E-state index in [1.165, 1.54) is 24.1 Å². The molecule has 2 heterocycles. The van der Waals surface area contributed by atoms with Gasteiger partial charge in [-0.1, -0.05) is 12.1 Å². The van der Waals surface area contributed by atoms with E-state index >= 15 is 0 Å². The average molecular weight is 571 g/mol. The fourth-order valence-corrected chi connectivity index (χ4v) is 4.49. The number of pyridine rings is 1. The number of rotatable bonds is 10. The maximum absolute atomic E-state index is 13.0. The monoisotopic (exact) mass is 570 g/mol. The number of nitrogens with zero attached hydrogens (tertiary/aromatic N) is 4. The molecule has 2 N–H and O–H groups in total. The number of likely N-dealkylation sites (N-methyl/N-ethyl adjacent to an activating group) is 1. The van der Waals surface area contributed by atoms with Crippen LogP contribution < -0.4 is 25.0 Å². The number of para-hydroxylation sites is 1. The maximum Gasteiger partial charge on any atom is 0.296 e. The molecule has 0 atom stereocenters. The van der Waals surface area contributed by atoms with Crippen molar-refractivity contribution in [2.24, 2.45) is 7.05 Å². The number of carbonyl (C=O) groups excluding carboxylic acids is 3. The van der Waals surface area contributed by atoms with E-state index in [9.17, 15) is 14.4 Å². The van der Waals surface area contributed by atoms with Crippen LogP contribution in [0.25, 0.3) is 17.1 Å². The second-order valence-corrected chi connectivity index (χ2v) is 9.74. The highest BCUT2D eigenvalue weighted by atomic mass is 16.5. The largest absolute Gasteiger partial charge is 0.487 e. The molecule has 0 fully saturated rings. The zero-order valence-electron chi connectivity index (χ0n) is 24.5. The Kier molecular flexibility index (Phi) is 9.21. The van der Waals surface area contributed by atoms with Gasteiger partial charge in [-0.25, -0.2) is 4.98 Å². The minimum atomic E-state index is -0.419. The van der Waals surface area contributed by atoms with E-state index in [1.54, 1.807) is 32.4 Å². The van der Waals surface area contributed by atoms with Crippen molar-refractivity contribution >= 4 is 46.3 Å². The normalized spacial score (nSPS) is 11.0. The molecule has 0 unspecified atom stereocenters. The number of aromatic nitrogens is 3. The molecule has 0 aliphatic heterocycles. The van der Waals surface area contributed by atoms with E-state index in [-0.39, 0.29) is 25.0 Å². The summed E-state index contributed by atoms with van der Waals surface area (Å²) in [6, 6.07) is 13.4. The number of methoxy groups -OCH3 is 1. The predicted molar refractivity (Wildman–Crippen MR) is 162 cm³/mol. The van der Waals surface area contributed by atoms with Crippen LogP contribution in [0.2, 0.25) is 0 Å². The minimum absolute atomic E-state index is 0.179. The van der Waals surface area contributed by atoms with Crippen molar-refractivity contribution < 1.29 is 23.9 Å². The van der Waals surface area contributed by atoms with Crippen LogP contribution in [-0.4, -0.2) is 53.0 Å². The highest BCUT2D eigenvalue weighted by Gasteiger charge is 2.18. The van der Waals surface area contributed by atoms with E-state index in [2.05, 4.69) is 20.6 Å². The molecule has 2 aromatic heterocycles. The Morgan fingerprint density at radius 1 is 1.10 bits per heavy atom. The summed E-state index contributed by atoms with van der Waals surface area (Å²) in [4.78, 5) is 46.6. The first kappa shape index (κ1) is 29.8. The summed E-state index contributed by atoms with van der Waals surface area (Å²) in [5.41, 5.74) is 5.88. The van der Waals surface area contributed by atoms with Gasteiger partial charge >= 0.3 is 0 Å². The van der Waals surface area contributed by atoms with Gasteiger partial charge in [-0.3, -0.25) is 19.0 Å². The molecule has 0 aliphatic carbocycles. The maximum atomic E-state index is 13.0. The number of amides is 3. The first-order valence-electron chi connectivity index (χ1n) is 13.3. The Morgan fingerprint density at radius 3 is 2.57 bits per heavy atom. The first-order valence-corrected chi connectivity index (χ1v) is 13.3. The molecule has 42 heavy (non-hydrogen) atoms. The lowest BCUT2D eigenvalue weighted by Gasteiger charge is -2.23. The number of benzene rings is 2. The van der Waals surface area contributed by atoms with Crippen molar-refractivity contribution in [2.75, 3.05) is 30.9 Å². The lowest BCUT2D eigenvalue weighted by Crippen LogP contribution is -2.38. The zero-order chi connectivity index (χ0) is 30.4. The van der Waals surface area contributed by atoms with Gasteiger partial charge in [0.15, 0.2) is 0 Å². The summed E-state index contributed by atoms with van der Waals surface area (Å²) in [7, 11) is 5.14. The second-order valence-electron chi connectivity index (χ2n) is 9.74. The van der Waals surface area contributed by atoms with Crippen molar-refractivity contribution in [3.63, 3.8) is 0 Å². The van der Waals surface area contributed by atoms with Gasteiger partial charge in [0, 0.05) is 39.0 Å². The summed E-state index contributed by atoms with van der Waals surface area (Å²) < 4.78 is 13.4. The van der Waals surface area contributed by atoms with Crippen LogP contribution in [0.5, 0.6) is 11.8 Å². The molecule has 0 saturated heterocycles. The SMILES string of the molecule is COc1nc2c(OCc3c(C)ccc(N(C)C(=O)CNC(=O)C=Cc4ccc(NC(C)=O)nc4)c3C)cccc2n1C. The highest BCUT2D eigenvalue weighted by Crippen LogP contribution is 2.31. The van der Waals surface area contributed by atoms with Crippen molar-refractivity contribution in [2.45, 2.75) is 27.4 Å². The Balaban J connectivity index is 1.39. The number of ether oxygens (including phenoxy) is 2. The third kappa shape index (κ3) is 6.74. The molecule has 0 radical (unpaired) electrons. The van der Waals surface area contributed by atoms with Gasteiger partial charge in [-0.2, -0.15) is 4.98 Å². The van der Waals surface area contributed by atoms with Crippen LogP contribution in [0.4, 0.5) is 11.5 Å². The molecule has 0 aliphatic rings. The third-order valence-electron chi connectivity index (χ3n) is 6.86. The Hall–Kier alpha value is -5.19. The molecule has 4 aromatic rings. The molecule has 11 heteroatoms. The van der Waals surface area contributed by atoms with Gasteiger partial charge in [0.05, 0.1) is 19.2 Å². The number of fused-ring (bicyclic) bond motifs is 1. The molecule has 11 nitrogen and oxygen atoms in total. The smallest absolute Gasteiger partial charge is 0.296 e. The predicted octanol–water partition coefficient (Wildman–Crippen LogP) is 3.92. The van der Waals surface area contributed by atoms with E-state index in [4.69, 9.17) is 9.47 Å². The molecule has 0 saturated carbocycles. The van der Waals surface area contributed by atoms with Crippen molar-refractivity contribution in [1.29, 1.82) is 0 Å². The van der Waals surface area contributed by atoms with E-state index in [0.29, 0.717) is 28.7 Å². The van der Waals surface area contributed by atoms with Crippen molar-refractivity contribution in [3.8, 4) is 11.8 Å². The van der Waals surface area contributed by atoms with E-state index in [1.807, 2.05) is 55.8 Å². The van der Waals surface area contributed by atoms with Crippen LogP contribution in [0.1, 0.15) is 29.2 Å². The summed E-state index contributed by atoms with van der Waals surface area (Å²) in [5, 5.41) is 5.20. The summed E-state index contributed by atoms with van der Waals surface area (Å²) >= 11 is 0. The fourth-order valence-electron chi connectivity index (χ4n) is 4.49. The molecule has 0 spiro atoms. The zero-order valence-corrected chi connectivity index (χ0v) is 24.5. The first-order chi connectivity index (χ1) is 20.1. The molecule has 0 bridgehead atoms. The highest BCUT2D eigenvalue weighted by molar-refractivity contribution is 5.99. The lowest BCUT2D eigenvalue weighted by atomic mass is 10.0. The summed E-state index contributed by atoms with van der Waals surface area (Å²) in [5.74, 6) is 0.144. The number of carbonyl (C=O) groups is 3. The minimum Gasteiger partial charge on any atom is -0.487 e. The van der Waals surface area contributed by atoms with Gasteiger partial charge in [0.2, 0.25) is 17.7 Å². The molecule has 218 valence electrons. The topological polar surface area (TPSA) is 128 Å². The molecule has 4 rings (SSSR count). The number of aryl methyl sites for hydroxylation is 2. The number of hydrogen-bond acceptors (Lipinski definition) is 7. The summed E-state index contributed by atoms with van der Waals surface area (Å²) in [6.07, 6.45) is 4.43. The third-order valence-corrected chi connectivity index (χ3v) is 6.86. The van der Waals surface area contributed by atoms with Gasteiger partial charge in [-0.05, 0) is 72.5 Å². The standard InChI is InChI=1S/C31H34N6O5/c1-19-10-13-24(20(2)23(19)18-42-26-9-7-8-25-30(26)35-31(41-6)37(25)5)36(4)29(40)17-33-28(39)15-12-22-11-14-27(32-16-22)34-21(3)38/h7-16H,17-18H2,1-6H3,(H,33,39)(H,32,34,38). The van der Waals surface area contributed by atoms with Crippen LogP contribution in [-0.2, 0) is 28.0 Å². The van der Waals surface area contributed by atoms with Crippen molar-refractivity contribution in [1.82, 2.24) is 19.9 Å². The van der Waals surface area contributed by atoms with Gasteiger partial charge in [0.1, 0.15) is 23.7 Å². The van der Waals surface area contributed by atoms with Gasteiger partial charge < -0.3 is 25.0 Å².